The van der Waals surface area contributed by atoms with Crippen molar-refractivity contribution < 1.29 is 9.52 Å². The van der Waals surface area contributed by atoms with E-state index in [2.05, 4.69) is 16.0 Å². The fourth-order valence-electron chi connectivity index (χ4n) is 3.46. The zero-order valence-electron chi connectivity index (χ0n) is 13.6. The third-order valence-corrected chi connectivity index (χ3v) is 4.75. The zero-order chi connectivity index (χ0) is 15.9. The highest BCUT2D eigenvalue weighted by Crippen LogP contribution is 2.26. The van der Waals surface area contributed by atoms with E-state index < -0.39 is 6.10 Å². The predicted octanol–water partition coefficient (Wildman–Crippen LogP) is 3.59. The van der Waals surface area contributed by atoms with Crippen molar-refractivity contribution in [1.29, 1.82) is 0 Å². The van der Waals surface area contributed by atoms with E-state index in [0.717, 1.165) is 38.0 Å². The second-order valence-electron chi connectivity index (χ2n) is 6.38. The number of aromatic nitrogens is 1. The van der Waals surface area contributed by atoms with Gasteiger partial charge in [-0.1, -0.05) is 18.9 Å². The third-order valence-electron chi connectivity index (χ3n) is 4.75. The van der Waals surface area contributed by atoms with Gasteiger partial charge in [-0.25, -0.2) is 0 Å². The molecule has 1 saturated heterocycles. The van der Waals surface area contributed by atoms with Crippen molar-refractivity contribution >= 4 is 0 Å². The molecule has 4 nitrogen and oxygen atoms in total. The number of rotatable bonds is 6. The minimum Gasteiger partial charge on any atom is -0.467 e. The number of hydrogen-bond acceptors (Lipinski definition) is 4. The Labute approximate surface area is 138 Å². The maximum Gasteiger partial charge on any atom is 0.132 e. The van der Waals surface area contributed by atoms with Crippen molar-refractivity contribution in [3.63, 3.8) is 0 Å². The summed E-state index contributed by atoms with van der Waals surface area (Å²) >= 11 is 0. The standard InChI is InChI=1S/C19H26N2O2/c22-18(19-9-6-14-23-19)15-17-8-2-1-5-12-21(17)13-10-16-7-3-4-11-20-16/h3-4,6-7,9,11,14,17-18,22H,1-2,5,8,10,12-13,15H2. The first-order valence-corrected chi connectivity index (χ1v) is 8.68. The van der Waals surface area contributed by atoms with Crippen molar-refractivity contribution in [2.75, 3.05) is 13.1 Å². The summed E-state index contributed by atoms with van der Waals surface area (Å²) in [7, 11) is 0. The molecule has 0 bridgehead atoms. The van der Waals surface area contributed by atoms with Crippen LogP contribution in [0.4, 0.5) is 0 Å². The van der Waals surface area contributed by atoms with E-state index in [0.29, 0.717) is 11.8 Å². The van der Waals surface area contributed by atoms with Gasteiger partial charge in [-0.2, -0.15) is 0 Å². The summed E-state index contributed by atoms with van der Waals surface area (Å²) in [5, 5.41) is 10.4. The van der Waals surface area contributed by atoms with Crippen molar-refractivity contribution in [3.8, 4) is 0 Å². The summed E-state index contributed by atoms with van der Waals surface area (Å²) in [6.07, 6.45) is 9.62. The monoisotopic (exact) mass is 314 g/mol. The van der Waals surface area contributed by atoms with Crippen LogP contribution in [0, 0.1) is 0 Å². The molecule has 1 aliphatic rings. The lowest BCUT2D eigenvalue weighted by molar-refractivity contribution is 0.0866. The molecule has 2 unspecified atom stereocenters. The molecule has 1 aliphatic heterocycles. The Kier molecular flexibility index (Phi) is 5.83. The lowest BCUT2D eigenvalue weighted by Crippen LogP contribution is -2.37. The average Bonchev–Trinajstić information content (AvgIpc) is 3.03. The highest BCUT2D eigenvalue weighted by molar-refractivity contribution is 5.05. The SMILES string of the molecule is OC(CC1CCCCCN1CCc1ccccn1)c1ccco1. The van der Waals surface area contributed by atoms with Crippen LogP contribution < -0.4 is 0 Å². The van der Waals surface area contributed by atoms with Crippen LogP contribution in [0.15, 0.2) is 47.2 Å². The first-order valence-electron chi connectivity index (χ1n) is 8.68. The maximum atomic E-state index is 10.4. The smallest absolute Gasteiger partial charge is 0.132 e. The Hall–Kier alpha value is -1.65. The highest BCUT2D eigenvalue weighted by atomic mass is 16.4. The van der Waals surface area contributed by atoms with E-state index in [1.54, 1.807) is 6.26 Å². The minimum absolute atomic E-state index is 0.418. The Morgan fingerprint density at radius 2 is 2.17 bits per heavy atom. The summed E-state index contributed by atoms with van der Waals surface area (Å²) in [4.78, 5) is 6.96. The predicted molar refractivity (Wildman–Crippen MR) is 90.1 cm³/mol. The number of aliphatic hydroxyl groups excluding tert-OH is 1. The van der Waals surface area contributed by atoms with Crippen molar-refractivity contribution in [1.82, 2.24) is 9.88 Å². The van der Waals surface area contributed by atoms with Crippen molar-refractivity contribution in [2.24, 2.45) is 0 Å². The number of nitrogens with zero attached hydrogens (tertiary/aromatic N) is 2. The van der Waals surface area contributed by atoms with E-state index >= 15 is 0 Å². The van der Waals surface area contributed by atoms with E-state index in [9.17, 15) is 5.11 Å². The molecular formula is C19H26N2O2. The molecule has 0 radical (unpaired) electrons. The topological polar surface area (TPSA) is 49.5 Å². The molecule has 4 heteroatoms. The molecule has 2 aromatic heterocycles. The van der Waals surface area contributed by atoms with Gasteiger partial charge in [0.15, 0.2) is 0 Å². The Morgan fingerprint density at radius 1 is 1.22 bits per heavy atom. The van der Waals surface area contributed by atoms with Crippen LogP contribution >= 0.6 is 0 Å². The van der Waals surface area contributed by atoms with Gasteiger partial charge in [-0.05, 0) is 50.1 Å². The highest BCUT2D eigenvalue weighted by Gasteiger charge is 2.25. The molecule has 2 aromatic rings. The normalized spacial score (nSPS) is 21.0. The van der Waals surface area contributed by atoms with Gasteiger partial charge in [0.05, 0.1) is 6.26 Å². The van der Waals surface area contributed by atoms with Gasteiger partial charge in [-0.15, -0.1) is 0 Å². The first kappa shape index (κ1) is 16.2. The lowest BCUT2D eigenvalue weighted by Gasteiger charge is -2.31. The molecule has 3 rings (SSSR count). The summed E-state index contributed by atoms with van der Waals surface area (Å²) in [6.45, 7) is 2.12. The number of pyridine rings is 1. The fraction of sp³-hybridized carbons (Fsp3) is 0.526. The molecule has 124 valence electrons. The maximum absolute atomic E-state index is 10.4. The molecule has 23 heavy (non-hydrogen) atoms. The Bertz CT molecular complexity index is 556. The summed E-state index contributed by atoms with van der Waals surface area (Å²) in [6, 6.07) is 10.2. The second kappa shape index (κ2) is 8.27. The Balaban J connectivity index is 1.60. The number of furan rings is 1. The van der Waals surface area contributed by atoms with Gasteiger partial charge in [0, 0.05) is 30.9 Å². The van der Waals surface area contributed by atoms with Gasteiger partial charge < -0.3 is 9.52 Å². The van der Waals surface area contributed by atoms with Gasteiger partial charge in [0.2, 0.25) is 0 Å². The molecule has 3 heterocycles. The van der Waals surface area contributed by atoms with Gasteiger partial charge >= 0.3 is 0 Å². The van der Waals surface area contributed by atoms with Crippen LogP contribution in [-0.2, 0) is 6.42 Å². The van der Waals surface area contributed by atoms with Crippen LogP contribution in [0.2, 0.25) is 0 Å². The molecule has 1 N–H and O–H groups in total. The van der Waals surface area contributed by atoms with Crippen LogP contribution in [-0.4, -0.2) is 34.1 Å². The van der Waals surface area contributed by atoms with E-state index in [4.69, 9.17) is 4.42 Å². The van der Waals surface area contributed by atoms with Crippen LogP contribution in [0.25, 0.3) is 0 Å². The average molecular weight is 314 g/mol. The van der Waals surface area contributed by atoms with E-state index in [1.807, 2.05) is 30.5 Å². The fourth-order valence-corrected chi connectivity index (χ4v) is 3.46. The molecule has 0 spiro atoms. The molecule has 0 saturated carbocycles. The summed E-state index contributed by atoms with van der Waals surface area (Å²) < 4.78 is 5.35. The number of hydrogen-bond donors (Lipinski definition) is 1. The van der Waals surface area contributed by atoms with Gasteiger partial charge in [0.25, 0.3) is 0 Å². The van der Waals surface area contributed by atoms with Gasteiger partial charge in [0.1, 0.15) is 11.9 Å². The molecule has 0 aliphatic carbocycles. The largest absolute Gasteiger partial charge is 0.467 e. The molecule has 0 amide bonds. The van der Waals surface area contributed by atoms with Crippen molar-refractivity contribution in [3.05, 3.63) is 54.2 Å². The van der Waals surface area contributed by atoms with E-state index in [1.165, 1.54) is 19.3 Å². The van der Waals surface area contributed by atoms with Crippen LogP contribution in [0.5, 0.6) is 0 Å². The minimum atomic E-state index is -0.509. The first-order chi connectivity index (χ1) is 11.3. The second-order valence-corrected chi connectivity index (χ2v) is 6.38. The molecular weight excluding hydrogens is 288 g/mol. The lowest BCUT2D eigenvalue weighted by atomic mass is 10.0. The summed E-state index contributed by atoms with van der Waals surface area (Å²) in [5.41, 5.74) is 1.14. The quantitative estimate of drug-likeness (QED) is 0.885. The summed E-state index contributed by atoms with van der Waals surface area (Å²) in [5.74, 6) is 0.680. The third kappa shape index (κ3) is 4.66. The Morgan fingerprint density at radius 3 is 2.96 bits per heavy atom. The van der Waals surface area contributed by atoms with Crippen molar-refractivity contribution in [2.45, 2.75) is 50.7 Å². The van der Waals surface area contributed by atoms with E-state index in [-0.39, 0.29) is 0 Å². The molecule has 0 aromatic carbocycles. The molecule has 1 fully saturated rings. The molecule has 2 atom stereocenters. The number of aliphatic hydroxyl groups is 1. The number of likely N-dealkylation sites (tertiary alicyclic amines) is 1. The van der Waals surface area contributed by atoms with Crippen LogP contribution in [0.1, 0.15) is 49.7 Å². The zero-order valence-corrected chi connectivity index (χ0v) is 13.6. The van der Waals surface area contributed by atoms with Crippen LogP contribution in [0.3, 0.4) is 0 Å². The van der Waals surface area contributed by atoms with Gasteiger partial charge in [-0.3, -0.25) is 9.88 Å².